The van der Waals surface area contributed by atoms with Gasteiger partial charge in [-0.15, -0.1) is 0 Å². The van der Waals surface area contributed by atoms with Crippen LogP contribution in [-0.4, -0.2) is 65.8 Å². The van der Waals surface area contributed by atoms with Gasteiger partial charge in [-0.25, -0.2) is 0 Å². The van der Waals surface area contributed by atoms with Gasteiger partial charge in [0.2, 0.25) is 0 Å². The van der Waals surface area contributed by atoms with E-state index in [1.807, 2.05) is 0 Å². The fourth-order valence-electron chi connectivity index (χ4n) is 1.72. The van der Waals surface area contributed by atoms with Crippen molar-refractivity contribution in [1.82, 2.24) is 0 Å². The molecule has 14 heavy (non-hydrogen) atoms. The number of aliphatic hydroxyl groups is 3. The number of fused-ring (bicyclic) bond motifs is 1. The fourth-order valence-corrected chi connectivity index (χ4v) is 1.72. The summed E-state index contributed by atoms with van der Waals surface area (Å²) in [5.41, 5.74) is 0. The van der Waals surface area contributed by atoms with Crippen molar-refractivity contribution in [2.24, 2.45) is 0 Å². The van der Waals surface area contributed by atoms with Crippen LogP contribution in [-0.2, 0) is 14.2 Å². The Morgan fingerprint density at radius 2 is 1.79 bits per heavy atom. The molecule has 3 N–H and O–H groups in total. The molecule has 2 aliphatic rings. The summed E-state index contributed by atoms with van der Waals surface area (Å²) in [7, 11) is 0. The Bertz CT molecular complexity index is 196. The summed E-state index contributed by atoms with van der Waals surface area (Å²) in [6.07, 6.45) is -4.39. The molecule has 6 nitrogen and oxygen atoms in total. The molecule has 2 heterocycles. The van der Waals surface area contributed by atoms with E-state index in [0.717, 1.165) is 0 Å². The van der Waals surface area contributed by atoms with E-state index in [9.17, 15) is 10.2 Å². The van der Waals surface area contributed by atoms with Gasteiger partial charge in [-0.2, -0.15) is 0 Å². The molecule has 0 radical (unpaired) electrons. The Kier molecular flexibility index (Phi) is 3.01. The van der Waals surface area contributed by atoms with E-state index in [-0.39, 0.29) is 6.61 Å². The van der Waals surface area contributed by atoms with Crippen molar-refractivity contribution in [2.75, 3.05) is 19.8 Å². The average molecular weight is 206 g/mol. The molecule has 0 amide bonds. The molecule has 0 aliphatic carbocycles. The summed E-state index contributed by atoms with van der Waals surface area (Å²) in [4.78, 5) is 0. The van der Waals surface area contributed by atoms with E-state index >= 15 is 0 Å². The lowest BCUT2D eigenvalue weighted by Crippen LogP contribution is -2.61. The SMILES string of the molecule is OC[C@H]1O[C@@H]2OCCO[C@@H]2[C@@H](O)[C@@H]1O. The van der Waals surface area contributed by atoms with Gasteiger partial charge >= 0.3 is 0 Å². The Morgan fingerprint density at radius 1 is 1.07 bits per heavy atom. The quantitative estimate of drug-likeness (QED) is 0.453. The maximum atomic E-state index is 9.63. The zero-order valence-electron chi connectivity index (χ0n) is 7.57. The van der Waals surface area contributed by atoms with Gasteiger partial charge in [0.15, 0.2) is 6.29 Å². The third kappa shape index (κ3) is 1.65. The van der Waals surface area contributed by atoms with Crippen LogP contribution in [0.2, 0.25) is 0 Å². The number of hydrogen-bond donors (Lipinski definition) is 3. The molecule has 0 bridgehead atoms. The molecule has 0 unspecified atom stereocenters. The fraction of sp³-hybridized carbons (Fsp3) is 1.00. The molecule has 0 aromatic heterocycles. The van der Waals surface area contributed by atoms with Crippen molar-refractivity contribution in [1.29, 1.82) is 0 Å². The van der Waals surface area contributed by atoms with Crippen LogP contribution in [0.15, 0.2) is 0 Å². The first-order valence-corrected chi connectivity index (χ1v) is 4.59. The highest BCUT2D eigenvalue weighted by Gasteiger charge is 2.46. The van der Waals surface area contributed by atoms with E-state index in [2.05, 4.69) is 0 Å². The van der Waals surface area contributed by atoms with E-state index in [1.165, 1.54) is 0 Å². The van der Waals surface area contributed by atoms with Crippen LogP contribution >= 0.6 is 0 Å². The van der Waals surface area contributed by atoms with Crippen molar-refractivity contribution < 1.29 is 29.5 Å². The monoisotopic (exact) mass is 206 g/mol. The van der Waals surface area contributed by atoms with Gasteiger partial charge in [-0.1, -0.05) is 0 Å². The molecule has 2 aliphatic heterocycles. The predicted molar refractivity (Wildman–Crippen MR) is 43.5 cm³/mol. The normalized spacial score (nSPS) is 48.6. The van der Waals surface area contributed by atoms with Crippen molar-refractivity contribution in [2.45, 2.75) is 30.7 Å². The van der Waals surface area contributed by atoms with E-state index < -0.39 is 30.7 Å². The number of hydrogen-bond acceptors (Lipinski definition) is 6. The van der Waals surface area contributed by atoms with Crippen LogP contribution in [0.25, 0.3) is 0 Å². The van der Waals surface area contributed by atoms with Gasteiger partial charge in [-0.3, -0.25) is 0 Å². The van der Waals surface area contributed by atoms with Crippen molar-refractivity contribution >= 4 is 0 Å². The minimum atomic E-state index is -1.14. The van der Waals surface area contributed by atoms with E-state index in [0.29, 0.717) is 13.2 Å². The Morgan fingerprint density at radius 3 is 2.50 bits per heavy atom. The molecule has 82 valence electrons. The van der Waals surface area contributed by atoms with Crippen molar-refractivity contribution in [3.63, 3.8) is 0 Å². The third-order valence-corrected chi connectivity index (χ3v) is 2.50. The highest BCUT2D eigenvalue weighted by atomic mass is 16.7. The Labute approximate surface area is 81.0 Å². The predicted octanol–water partition coefficient (Wildman–Crippen LogP) is -2.16. The maximum absolute atomic E-state index is 9.63. The standard InChI is InChI=1S/C8H14O6/c9-3-4-5(10)6(11)7-8(14-4)13-2-1-12-7/h4-11H,1-3H2/t4-,5-,6+,7-,8+/m1/s1. The molecule has 0 aromatic carbocycles. The van der Waals surface area contributed by atoms with Crippen LogP contribution in [0.3, 0.4) is 0 Å². The smallest absolute Gasteiger partial charge is 0.187 e. The molecular weight excluding hydrogens is 192 g/mol. The zero-order chi connectivity index (χ0) is 10.1. The van der Waals surface area contributed by atoms with Crippen molar-refractivity contribution in [3.8, 4) is 0 Å². The van der Waals surface area contributed by atoms with E-state index in [4.69, 9.17) is 19.3 Å². The van der Waals surface area contributed by atoms with Crippen LogP contribution in [0.5, 0.6) is 0 Å². The van der Waals surface area contributed by atoms with Crippen LogP contribution < -0.4 is 0 Å². The topological polar surface area (TPSA) is 88.4 Å². The first kappa shape index (κ1) is 10.3. The second-order valence-corrected chi connectivity index (χ2v) is 3.41. The molecular formula is C8H14O6. The molecule has 2 saturated heterocycles. The Balaban J connectivity index is 2.07. The maximum Gasteiger partial charge on any atom is 0.187 e. The largest absolute Gasteiger partial charge is 0.394 e. The molecule has 0 spiro atoms. The van der Waals surface area contributed by atoms with Gasteiger partial charge in [0.05, 0.1) is 19.8 Å². The average Bonchev–Trinajstić information content (AvgIpc) is 2.23. The minimum absolute atomic E-state index is 0.356. The van der Waals surface area contributed by atoms with Gasteiger partial charge < -0.3 is 29.5 Å². The highest BCUT2D eigenvalue weighted by molar-refractivity contribution is 4.90. The lowest BCUT2D eigenvalue weighted by molar-refractivity contribution is -0.334. The van der Waals surface area contributed by atoms with Crippen molar-refractivity contribution in [3.05, 3.63) is 0 Å². The lowest BCUT2D eigenvalue weighted by Gasteiger charge is -2.43. The van der Waals surface area contributed by atoms with Gasteiger partial charge in [0.1, 0.15) is 24.4 Å². The summed E-state index contributed by atoms with van der Waals surface area (Å²) < 4.78 is 15.6. The molecule has 0 saturated carbocycles. The van der Waals surface area contributed by atoms with Crippen LogP contribution in [0.1, 0.15) is 0 Å². The molecule has 0 aromatic rings. The number of rotatable bonds is 1. The summed E-state index contributed by atoms with van der Waals surface area (Å²) in [6, 6.07) is 0. The Hall–Kier alpha value is -0.240. The number of aliphatic hydroxyl groups excluding tert-OH is 3. The van der Waals surface area contributed by atoms with E-state index in [1.54, 1.807) is 0 Å². The molecule has 6 heteroatoms. The van der Waals surface area contributed by atoms with Crippen LogP contribution in [0.4, 0.5) is 0 Å². The highest BCUT2D eigenvalue weighted by Crippen LogP contribution is 2.26. The van der Waals surface area contributed by atoms with Gasteiger partial charge in [0.25, 0.3) is 0 Å². The first-order valence-electron chi connectivity index (χ1n) is 4.59. The zero-order valence-corrected chi connectivity index (χ0v) is 7.57. The summed E-state index contributed by atoms with van der Waals surface area (Å²) >= 11 is 0. The summed E-state index contributed by atoms with van der Waals surface area (Å²) in [5, 5.41) is 28.0. The van der Waals surface area contributed by atoms with Crippen LogP contribution in [0, 0.1) is 0 Å². The summed E-state index contributed by atoms with van der Waals surface area (Å²) in [5.74, 6) is 0. The minimum Gasteiger partial charge on any atom is -0.394 e. The molecule has 5 atom stereocenters. The number of ether oxygens (including phenoxy) is 3. The van der Waals surface area contributed by atoms with Gasteiger partial charge in [-0.05, 0) is 0 Å². The summed E-state index contributed by atoms with van der Waals surface area (Å²) in [6.45, 7) is 0.408. The second kappa shape index (κ2) is 4.09. The lowest BCUT2D eigenvalue weighted by atomic mass is 9.99. The second-order valence-electron chi connectivity index (χ2n) is 3.41. The third-order valence-electron chi connectivity index (χ3n) is 2.50. The van der Waals surface area contributed by atoms with Gasteiger partial charge in [0, 0.05) is 0 Å². The molecule has 2 rings (SSSR count). The molecule has 2 fully saturated rings. The first-order chi connectivity index (χ1) is 6.74.